The molecule has 1 atom stereocenters. The number of alkyl halides is 1. The highest BCUT2D eigenvalue weighted by Crippen LogP contribution is 2.29. The van der Waals surface area contributed by atoms with Crippen molar-refractivity contribution in [3.05, 3.63) is 29.8 Å². The SMILES string of the molecule is O=CN1CCOC(c2ccccc2OCCBr)C1. The van der Waals surface area contributed by atoms with E-state index >= 15 is 0 Å². The number of carbonyl (C=O) groups excluding carboxylic acids is 1. The predicted molar refractivity (Wildman–Crippen MR) is 72.1 cm³/mol. The number of nitrogens with zero attached hydrogens (tertiary/aromatic N) is 1. The monoisotopic (exact) mass is 313 g/mol. The highest BCUT2D eigenvalue weighted by Gasteiger charge is 2.23. The van der Waals surface area contributed by atoms with Crippen LogP contribution in [0.1, 0.15) is 11.7 Å². The molecule has 0 aliphatic carbocycles. The Morgan fingerprint density at radius 2 is 2.33 bits per heavy atom. The van der Waals surface area contributed by atoms with Gasteiger partial charge in [-0.05, 0) is 6.07 Å². The molecule has 1 aromatic rings. The van der Waals surface area contributed by atoms with Crippen LogP contribution < -0.4 is 4.74 Å². The van der Waals surface area contributed by atoms with Crippen LogP contribution >= 0.6 is 15.9 Å². The Labute approximate surface area is 115 Å². The van der Waals surface area contributed by atoms with E-state index in [4.69, 9.17) is 9.47 Å². The summed E-state index contributed by atoms with van der Waals surface area (Å²) in [6, 6.07) is 7.82. The molecule has 1 saturated heterocycles. The quantitative estimate of drug-likeness (QED) is 0.616. The zero-order valence-corrected chi connectivity index (χ0v) is 11.6. The van der Waals surface area contributed by atoms with Crippen molar-refractivity contribution in [2.45, 2.75) is 6.10 Å². The van der Waals surface area contributed by atoms with Gasteiger partial charge in [0.25, 0.3) is 0 Å². The minimum atomic E-state index is -0.101. The standard InChI is InChI=1S/C13H16BrNO3/c14-5-7-17-12-4-2-1-3-11(12)13-9-15(10-16)6-8-18-13/h1-4,10,13H,5-9H2. The lowest BCUT2D eigenvalue weighted by Crippen LogP contribution is -2.37. The predicted octanol–water partition coefficient (Wildman–Crippen LogP) is 1.99. The number of benzene rings is 1. The first kappa shape index (κ1) is 13.4. The highest BCUT2D eigenvalue weighted by molar-refractivity contribution is 9.09. The van der Waals surface area contributed by atoms with E-state index in [9.17, 15) is 4.79 Å². The molecule has 1 amide bonds. The fraction of sp³-hybridized carbons (Fsp3) is 0.462. The number of amides is 1. The molecule has 0 aromatic heterocycles. The van der Waals surface area contributed by atoms with Crippen molar-refractivity contribution in [3.8, 4) is 5.75 Å². The Hall–Kier alpha value is -1.07. The second kappa shape index (κ2) is 6.75. The Morgan fingerprint density at radius 3 is 3.11 bits per heavy atom. The maximum absolute atomic E-state index is 10.8. The number of halogens is 1. The first-order valence-corrected chi connectivity index (χ1v) is 7.06. The molecule has 0 saturated carbocycles. The first-order valence-electron chi connectivity index (χ1n) is 5.94. The second-order valence-corrected chi connectivity index (χ2v) is 4.83. The number of ether oxygens (including phenoxy) is 2. The summed E-state index contributed by atoms with van der Waals surface area (Å²) in [7, 11) is 0. The molecule has 1 unspecified atom stereocenters. The number of morpholine rings is 1. The van der Waals surface area contributed by atoms with E-state index in [1.165, 1.54) is 0 Å². The number of hydrogen-bond donors (Lipinski definition) is 0. The van der Waals surface area contributed by atoms with Crippen molar-refractivity contribution in [1.29, 1.82) is 0 Å². The Balaban J connectivity index is 2.13. The van der Waals surface area contributed by atoms with Crippen molar-refractivity contribution in [2.75, 3.05) is 31.6 Å². The fourth-order valence-electron chi connectivity index (χ4n) is 1.98. The zero-order valence-electron chi connectivity index (χ0n) is 10.0. The van der Waals surface area contributed by atoms with E-state index in [0.717, 1.165) is 23.1 Å². The van der Waals surface area contributed by atoms with Gasteiger partial charge in [-0.3, -0.25) is 4.79 Å². The van der Waals surface area contributed by atoms with E-state index in [0.29, 0.717) is 26.3 Å². The summed E-state index contributed by atoms with van der Waals surface area (Å²) in [5.41, 5.74) is 1.00. The first-order chi connectivity index (χ1) is 8.85. The molecule has 1 aliphatic heterocycles. The average molecular weight is 314 g/mol. The fourth-order valence-corrected chi connectivity index (χ4v) is 2.14. The summed E-state index contributed by atoms with van der Waals surface area (Å²) in [6.07, 6.45) is 0.771. The molecular formula is C13H16BrNO3. The normalized spacial score (nSPS) is 19.6. The maximum atomic E-state index is 10.8. The van der Waals surface area contributed by atoms with Crippen LogP contribution in [-0.2, 0) is 9.53 Å². The summed E-state index contributed by atoms with van der Waals surface area (Å²) < 4.78 is 11.4. The van der Waals surface area contributed by atoms with Crippen molar-refractivity contribution in [1.82, 2.24) is 4.90 Å². The number of rotatable bonds is 5. The maximum Gasteiger partial charge on any atom is 0.209 e. The third-order valence-corrected chi connectivity index (χ3v) is 3.17. The molecule has 98 valence electrons. The second-order valence-electron chi connectivity index (χ2n) is 4.04. The van der Waals surface area contributed by atoms with Crippen LogP contribution in [0.5, 0.6) is 5.75 Å². The largest absolute Gasteiger partial charge is 0.492 e. The van der Waals surface area contributed by atoms with Crippen LogP contribution in [0.4, 0.5) is 0 Å². The van der Waals surface area contributed by atoms with Crippen molar-refractivity contribution >= 4 is 22.3 Å². The molecule has 2 rings (SSSR count). The molecule has 0 bridgehead atoms. The number of carbonyl (C=O) groups is 1. The van der Waals surface area contributed by atoms with Gasteiger partial charge in [0.05, 0.1) is 19.8 Å². The summed E-state index contributed by atoms with van der Waals surface area (Å²) in [5, 5.41) is 0.785. The van der Waals surface area contributed by atoms with E-state index < -0.39 is 0 Å². The topological polar surface area (TPSA) is 38.8 Å². The van der Waals surface area contributed by atoms with E-state index in [1.54, 1.807) is 4.90 Å². The van der Waals surface area contributed by atoms with Gasteiger partial charge in [-0.2, -0.15) is 0 Å². The molecule has 4 nitrogen and oxygen atoms in total. The number of hydrogen-bond acceptors (Lipinski definition) is 3. The summed E-state index contributed by atoms with van der Waals surface area (Å²) in [4.78, 5) is 12.6. The summed E-state index contributed by atoms with van der Waals surface area (Å²) in [6.45, 7) is 2.42. The lowest BCUT2D eigenvalue weighted by atomic mass is 10.1. The highest BCUT2D eigenvalue weighted by atomic mass is 79.9. The minimum absolute atomic E-state index is 0.101. The molecule has 0 radical (unpaired) electrons. The molecule has 1 fully saturated rings. The van der Waals surface area contributed by atoms with E-state index in [-0.39, 0.29) is 6.10 Å². The van der Waals surface area contributed by atoms with Crippen LogP contribution in [0.15, 0.2) is 24.3 Å². The lowest BCUT2D eigenvalue weighted by Gasteiger charge is -2.31. The van der Waals surface area contributed by atoms with Crippen molar-refractivity contribution in [2.24, 2.45) is 0 Å². The molecule has 0 N–H and O–H groups in total. The third kappa shape index (κ3) is 3.23. The van der Waals surface area contributed by atoms with E-state index in [1.807, 2.05) is 24.3 Å². The molecule has 1 aromatic carbocycles. The Bertz CT molecular complexity index is 400. The molecule has 1 aliphatic rings. The molecular weight excluding hydrogens is 298 g/mol. The van der Waals surface area contributed by atoms with Gasteiger partial charge in [-0.25, -0.2) is 0 Å². The third-order valence-electron chi connectivity index (χ3n) is 2.85. The smallest absolute Gasteiger partial charge is 0.209 e. The minimum Gasteiger partial charge on any atom is -0.492 e. The Kier molecular flexibility index (Phi) is 5.01. The van der Waals surface area contributed by atoms with Gasteiger partial charge in [-0.15, -0.1) is 0 Å². The van der Waals surface area contributed by atoms with Gasteiger partial charge in [0.2, 0.25) is 6.41 Å². The zero-order chi connectivity index (χ0) is 12.8. The molecule has 18 heavy (non-hydrogen) atoms. The van der Waals surface area contributed by atoms with Crippen LogP contribution in [0.25, 0.3) is 0 Å². The molecule has 5 heteroatoms. The lowest BCUT2D eigenvalue weighted by molar-refractivity contribution is -0.125. The molecule has 1 heterocycles. The molecule has 0 spiro atoms. The van der Waals surface area contributed by atoms with Gasteiger partial charge in [0.15, 0.2) is 0 Å². The Morgan fingerprint density at radius 1 is 1.50 bits per heavy atom. The average Bonchev–Trinajstić information content (AvgIpc) is 2.45. The van der Waals surface area contributed by atoms with Gasteiger partial charge in [0, 0.05) is 17.4 Å². The van der Waals surface area contributed by atoms with Gasteiger partial charge in [0.1, 0.15) is 11.9 Å². The van der Waals surface area contributed by atoms with Crippen LogP contribution in [0, 0.1) is 0 Å². The van der Waals surface area contributed by atoms with Crippen molar-refractivity contribution in [3.63, 3.8) is 0 Å². The van der Waals surface area contributed by atoms with Crippen LogP contribution in [0.3, 0.4) is 0 Å². The van der Waals surface area contributed by atoms with Gasteiger partial charge < -0.3 is 14.4 Å². The summed E-state index contributed by atoms with van der Waals surface area (Å²) >= 11 is 3.34. The van der Waals surface area contributed by atoms with Crippen molar-refractivity contribution < 1.29 is 14.3 Å². The van der Waals surface area contributed by atoms with E-state index in [2.05, 4.69) is 15.9 Å². The number of para-hydroxylation sites is 1. The van der Waals surface area contributed by atoms with Crippen LogP contribution in [-0.4, -0.2) is 42.9 Å². The van der Waals surface area contributed by atoms with Gasteiger partial charge >= 0.3 is 0 Å². The van der Waals surface area contributed by atoms with Gasteiger partial charge in [-0.1, -0.05) is 34.1 Å². The summed E-state index contributed by atoms with van der Waals surface area (Å²) in [5.74, 6) is 0.828. The van der Waals surface area contributed by atoms with Crippen LogP contribution in [0.2, 0.25) is 0 Å².